The number of nitrogens with one attached hydrogen (secondary N) is 1. The lowest BCUT2D eigenvalue weighted by Crippen LogP contribution is -2.33. The first-order valence-electron chi connectivity index (χ1n) is 8.52. The second-order valence-corrected chi connectivity index (χ2v) is 6.63. The topological polar surface area (TPSA) is 49.4 Å². The van der Waals surface area contributed by atoms with Crippen molar-refractivity contribution in [1.29, 1.82) is 0 Å². The Balaban J connectivity index is 1.72. The fraction of sp³-hybridized carbons (Fsp3) is 0.300. The third kappa shape index (κ3) is 4.32. The molecular weight excluding hydrogens is 338 g/mol. The van der Waals surface area contributed by atoms with Gasteiger partial charge in [-0.1, -0.05) is 12.1 Å². The van der Waals surface area contributed by atoms with Gasteiger partial charge in [0.15, 0.2) is 5.78 Å². The van der Waals surface area contributed by atoms with Gasteiger partial charge in [-0.2, -0.15) is 0 Å². The Kier molecular flexibility index (Phi) is 5.42. The highest BCUT2D eigenvalue weighted by Gasteiger charge is 2.24. The number of ketones is 1. The average Bonchev–Trinajstić information content (AvgIpc) is 2.61. The summed E-state index contributed by atoms with van der Waals surface area (Å²) in [6, 6.07) is 9.28. The van der Waals surface area contributed by atoms with Crippen LogP contribution in [0.15, 0.2) is 42.5 Å². The van der Waals surface area contributed by atoms with Crippen LogP contribution in [0.2, 0.25) is 0 Å². The Morgan fingerprint density at radius 3 is 2.31 bits per heavy atom. The summed E-state index contributed by atoms with van der Waals surface area (Å²) in [6.45, 7) is 1.77. The van der Waals surface area contributed by atoms with E-state index in [9.17, 15) is 18.4 Å². The minimum absolute atomic E-state index is 0.0190. The van der Waals surface area contributed by atoms with Crippen LogP contribution in [0.4, 0.5) is 14.5 Å². The summed E-state index contributed by atoms with van der Waals surface area (Å²) in [5.74, 6) is -2.23. The molecule has 0 radical (unpaired) electrons. The number of Topliss-reactive ketones (excluding diaryl/α,β-unsaturated/α-hetero) is 1. The summed E-state index contributed by atoms with van der Waals surface area (Å²) in [5.41, 5.74) is 0.829. The lowest BCUT2D eigenvalue weighted by molar-refractivity contribution is 0.0856. The Hall–Kier alpha value is -2.60. The number of hydrogen-bond acceptors (Lipinski definition) is 3. The van der Waals surface area contributed by atoms with E-state index in [1.807, 2.05) is 7.05 Å². The molecule has 26 heavy (non-hydrogen) atoms. The molecule has 2 aromatic carbocycles. The third-order valence-corrected chi connectivity index (χ3v) is 4.62. The van der Waals surface area contributed by atoms with Crippen LogP contribution in [-0.2, 0) is 0 Å². The SMILES string of the molecule is CN1CCC(C(=O)c2cccc(NC(=O)c3cc(F)cc(F)c3)c2)CC1. The fourth-order valence-electron chi connectivity index (χ4n) is 3.14. The van der Waals surface area contributed by atoms with Crippen LogP contribution in [0.3, 0.4) is 0 Å². The molecule has 0 atom stereocenters. The van der Waals surface area contributed by atoms with E-state index in [-0.39, 0.29) is 17.3 Å². The zero-order valence-corrected chi connectivity index (χ0v) is 14.5. The molecule has 1 heterocycles. The summed E-state index contributed by atoms with van der Waals surface area (Å²) in [7, 11) is 2.03. The van der Waals surface area contributed by atoms with E-state index in [0.29, 0.717) is 17.3 Å². The van der Waals surface area contributed by atoms with Crippen LogP contribution < -0.4 is 5.32 Å². The number of likely N-dealkylation sites (tertiary alicyclic amines) is 1. The van der Waals surface area contributed by atoms with Crippen LogP contribution in [0.5, 0.6) is 0 Å². The van der Waals surface area contributed by atoms with Gasteiger partial charge in [-0.05, 0) is 57.2 Å². The molecule has 0 saturated carbocycles. The van der Waals surface area contributed by atoms with Crippen LogP contribution >= 0.6 is 0 Å². The number of carbonyl (C=O) groups is 2. The molecule has 4 nitrogen and oxygen atoms in total. The van der Waals surface area contributed by atoms with Gasteiger partial charge in [0.2, 0.25) is 0 Å². The van der Waals surface area contributed by atoms with Crippen LogP contribution in [0, 0.1) is 17.6 Å². The summed E-state index contributed by atoms with van der Waals surface area (Å²) >= 11 is 0. The van der Waals surface area contributed by atoms with Gasteiger partial charge in [-0.25, -0.2) is 8.78 Å². The molecular formula is C20H20F2N2O2. The number of rotatable bonds is 4. The van der Waals surface area contributed by atoms with Crippen molar-refractivity contribution in [1.82, 2.24) is 4.90 Å². The molecule has 0 spiro atoms. The first-order chi connectivity index (χ1) is 12.4. The summed E-state index contributed by atoms with van der Waals surface area (Å²) in [6.07, 6.45) is 1.63. The standard InChI is InChI=1S/C20H20F2N2O2/c1-24-7-5-13(6-8-24)19(25)14-3-2-4-18(11-14)23-20(26)15-9-16(21)12-17(22)10-15/h2-4,9-13H,5-8H2,1H3,(H,23,26). The number of piperidine rings is 1. The van der Waals surface area contributed by atoms with E-state index in [0.717, 1.165) is 38.1 Å². The quantitative estimate of drug-likeness (QED) is 0.847. The second-order valence-electron chi connectivity index (χ2n) is 6.63. The van der Waals surface area contributed by atoms with Crippen LogP contribution in [-0.4, -0.2) is 36.7 Å². The highest BCUT2D eigenvalue weighted by Crippen LogP contribution is 2.23. The lowest BCUT2D eigenvalue weighted by atomic mass is 9.89. The number of nitrogens with zero attached hydrogens (tertiary/aromatic N) is 1. The van der Waals surface area contributed by atoms with Crippen molar-refractivity contribution < 1.29 is 18.4 Å². The molecule has 0 aromatic heterocycles. The molecule has 0 bridgehead atoms. The smallest absolute Gasteiger partial charge is 0.255 e. The van der Waals surface area contributed by atoms with Gasteiger partial charge in [0.1, 0.15) is 11.6 Å². The third-order valence-electron chi connectivity index (χ3n) is 4.62. The van der Waals surface area contributed by atoms with E-state index in [4.69, 9.17) is 0 Å². The first kappa shape index (κ1) is 18.2. The maximum atomic E-state index is 13.3. The van der Waals surface area contributed by atoms with Crippen LogP contribution in [0.25, 0.3) is 0 Å². The summed E-state index contributed by atoms with van der Waals surface area (Å²) in [4.78, 5) is 27.1. The first-order valence-corrected chi connectivity index (χ1v) is 8.52. The number of anilines is 1. The molecule has 1 saturated heterocycles. The van der Waals surface area contributed by atoms with Crippen molar-refractivity contribution in [2.24, 2.45) is 5.92 Å². The molecule has 2 aromatic rings. The van der Waals surface area contributed by atoms with Crippen molar-refractivity contribution in [3.8, 4) is 0 Å². The summed E-state index contributed by atoms with van der Waals surface area (Å²) in [5, 5.41) is 2.59. The number of amides is 1. The Morgan fingerprint density at radius 2 is 1.65 bits per heavy atom. The van der Waals surface area contributed by atoms with E-state index in [1.165, 1.54) is 0 Å². The molecule has 0 unspecified atom stereocenters. The molecule has 136 valence electrons. The van der Waals surface area contributed by atoms with Crippen molar-refractivity contribution in [3.05, 3.63) is 65.2 Å². The van der Waals surface area contributed by atoms with Gasteiger partial charge in [-0.15, -0.1) is 0 Å². The molecule has 1 aliphatic heterocycles. The van der Waals surface area contributed by atoms with Gasteiger partial charge in [0.05, 0.1) is 0 Å². The minimum atomic E-state index is -0.818. The maximum absolute atomic E-state index is 13.3. The molecule has 1 fully saturated rings. The predicted molar refractivity (Wildman–Crippen MR) is 95.3 cm³/mol. The van der Waals surface area contributed by atoms with E-state index in [2.05, 4.69) is 10.2 Å². The Labute approximate surface area is 150 Å². The molecule has 6 heteroatoms. The van der Waals surface area contributed by atoms with Crippen molar-refractivity contribution in [3.63, 3.8) is 0 Å². The normalized spacial score (nSPS) is 15.7. The molecule has 1 amide bonds. The Morgan fingerprint density at radius 1 is 1.00 bits per heavy atom. The van der Waals surface area contributed by atoms with Gasteiger partial charge in [0.25, 0.3) is 5.91 Å². The number of hydrogen-bond donors (Lipinski definition) is 1. The number of halogens is 2. The fourth-order valence-corrected chi connectivity index (χ4v) is 3.14. The average molecular weight is 358 g/mol. The predicted octanol–water partition coefficient (Wildman–Crippen LogP) is 3.74. The lowest BCUT2D eigenvalue weighted by Gasteiger charge is -2.28. The maximum Gasteiger partial charge on any atom is 0.255 e. The molecule has 3 rings (SSSR count). The van der Waals surface area contributed by atoms with Gasteiger partial charge >= 0.3 is 0 Å². The molecule has 1 aliphatic rings. The van der Waals surface area contributed by atoms with Crippen LogP contribution in [0.1, 0.15) is 33.6 Å². The minimum Gasteiger partial charge on any atom is -0.322 e. The number of benzene rings is 2. The highest BCUT2D eigenvalue weighted by atomic mass is 19.1. The van der Waals surface area contributed by atoms with E-state index in [1.54, 1.807) is 24.3 Å². The molecule has 0 aliphatic carbocycles. The van der Waals surface area contributed by atoms with Gasteiger partial charge < -0.3 is 10.2 Å². The van der Waals surface area contributed by atoms with Gasteiger partial charge in [-0.3, -0.25) is 9.59 Å². The largest absolute Gasteiger partial charge is 0.322 e. The van der Waals surface area contributed by atoms with E-state index >= 15 is 0 Å². The number of carbonyl (C=O) groups excluding carboxylic acids is 2. The zero-order chi connectivity index (χ0) is 18.7. The van der Waals surface area contributed by atoms with Crippen molar-refractivity contribution in [2.45, 2.75) is 12.8 Å². The zero-order valence-electron chi connectivity index (χ0n) is 14.5. The second kappa shape index (κ2) is 7.74. The molecule has 1 N–H and O–H groups in total. The van der Waals surface area contributed by atoms with Crippen molar-refractivity contribution >= 4 is 17.4 Å². The highest BCUT2D eigenvalue weighted by molar-refractivity contribution is 6.05. The van der Waals surface area contributed by atoms with Crippen molar-refractivity contribution in [2.75, 3.05) is 25.5 Å². The van der Waals surface area contributed by atoms with Gasteiger partial charge in [0, 0.05) is 28.8 Å². The van der Waals surface area contributed by atoms with E-state index < -0.39 is 17.5 Å². The Bertz CT molecular complexity index is 810. The monoisotopic (exact) mass is 358 g/mol. The summed E-state index contributed by atoms with van der Waals surface area (Å²) < 4.78 is 26.5.